The number of rotatable bonds is 6. The normalized spacial score (nSPS) is 11.9. The first-order chi connectivity index (χ1) is 22.7. The summed E-state index contributed by atoms with van der Waals surface area (Å²) >= 11 is 0. The first kappa shape index (κ1) is 30.4. The van der Waals surface area contributed by atoms with Crippen LogP contribution in [0.4, 0.5) is 0 Å². The van der Waals surface area contributed by atoms with Crippen LogP contribution < -0.4 is 0 Å². The van der Waals surface area contributed by atoms with E-state index in [1.807, 2.05) is 6.20 Å². The fraction of sp³-hybridized carbons (Fsp3) is 0.152. The highest BCUT2D eigenvalue weighted by atomic mass is 14.7. The molecule has 7 rings (SSSR count). The smallest absolute Gasteiger partial charge is 0.0780 e. The number of nitrogens with zero attached hydrogens (tertiary/aromatic N) is 1. The lowest BCUT2D eigenvalue weighted by molar-refractivity contribution is 0.590. The van der Waals surface area contributed by atoms with Crippen LogP contribution in [-0.2, 0) is 10.8 Å². The maximum atomic E-state index is 4.82. The highest BCUT2D eigenvalue weighted by Gasteiger charge is 2.23. The molecule has 0 amide bonds. The summed E-state index contributed by atoms with van der Waals surface area (Å²) in [6.07, 6.45) is 1.91. The Morgan fingerprint density at radius 2 is 0.894 bits per heavy atom. The number of fused-ring (bicyclic) bond motifs is 1. The lowest BCUT2D eigenvalue weighted by Gasteiger charge is -2.26. The molecule has 0 fully saturated rings. The third-order valence-electron chi connectivity index (χ3n) is 9.60. The summed E-state index contributed by atoms with van der Waals surface area (Å²) in [7, 11) is 0. The van der Waals surface area contributed by atoms with Crippen LogP contribution in [0.15, 0.2) is 158 Å². The van der Waals surface area contributed by atoms with Crippen molar-refractivity contribution in [2.24, 2.45) is 0 Å². The quantitative estimate of drug-likeness (QED) is 0.183. The average molecular weight is 608 g/mol. The number of aromatic nitrogens is 1. The summed E-state index contributed by atoms with van der Waals surface area (Å²) in [6, 6.07) is 55.4. The van der Waals surface area contributed by atoms with E-state index >= 15 is 0 Å². The first-order valence-corrected chi connectivity index (χ1v) is 16.5. The topological polar surface area (TPSA) is 12.9 Å². The minimum atomic E-state index is -0.0856. The zero-order valence-electron chi connectivity index (χ0n) is 28.0. The predicted molar refractivity (Wildman–Crippen MR) is 201 cm³/mol. The predicted octanol–water partition coefficient (Wildman–Crippen LogP) is 12.5. The summed E-state index contributed by atoms with van der Waals surface area (Å²) in [6.45, 7) is 11.4. The van der Waals surface area contributed by atoms with Gasteiger partial charge in [-0.05, 0) is 91.2 Å². The Morgan fingerprint density at radius 1 is 0.383 bits per heavy atom. The van der Waals surface area contributed by atoms with Gasteiger partial charge in [-0.25, -0.2) is 0 Å². The first-order valence-electron chi connectivity index (χ1n) is 16.5. The number of hydrogen-bond acceptors (Lipinski definition) is 1. The van der Waals surface area contributed by atoms with Crippen molar-refractivity contribution in [3.05, 3.63) is 175 Å². The molecule has 1 heterocycles. The molecule has 0 unspecified atom stereocenters. The SMILES string of the molecule is CC(C)(C)c1ccc(-c2cc(-c3ccc(C(C)(C)c4ccccc4)cc3)cc(-c3cccc(-c4nccc5ccccc45)c3)c2)cc1. The van der Waals surface area contributed by atoms with Gasteiger partial charge in [0.1, 0.15) is 0 Å². The van der Waals surface area contributed by atoms with Crippen LogP contribution in [0.25, 0.3) is 55.4 Å². The Morgan fingerprint density at radius 3 is 1.53 bits per heavy atom. The zero-order valence-corrected chi connectivity index (χ0v) is 28.0. The van der Waals surface area contributed by atoms with E-state index in [0.717, 1.165) is 11.3 Å². The van der Waals surface area contributed by atoms with Gasteiger partial charge in [-0.2, -0.15) is 0 Å². The summed E-state index contributed by atoms with van der Waals surface area (Å²) in [5, 5.41) is 2.36. The molecule has 1 aromatic heterocycles. The van der Waals surface area contributed by atoms with Gasteiger partial charge in [-0.3, -0.25) is 4.98 Å². The molecule has 0 aliphatic heterocycles. The molecular formula is C46H41N. The molecule has 0 aliphatic rings. The van der Waals surface area contributed by atoms with E-state index in [1.54, 1.807) is 0 Å². The number of pyridine rings is 1. The Hall–Kier alpha value is -5.27. The molecule has 6 aromatic carbocycles. The second-order valence-electron chi connectivity index (χ2n) is 14.2. The largest absolute Gasteiger partial charge is 0.256 e. The minimum absolute atomic E-state index is 0.0856. The van der Waals surface area contributed by atoms with E-state index in [1.165, 1.54) is 60.8 Å². The van der Waals surface area contributed by atoms with Crippen LogP contribution >= 0.6 is 0 Å². The van der Waals surface area contributed by atoms with Crippen molar-refractivity contribution in [1.29, 1.82) is 0 Å². The van der Waals surface area contributed by atoms with Gasteiger partial charge < -0.3 is 0 Å². The number of benzene rings is 6. The van der Waals surface area contributed by atoms with Crippen LogP contribution in [0.2, 0.25) is 0 Å². The standard InChI is InChI=1S/C46H41N/c1-45(2,3)40-22-18-32(19-23-40)37-29-38(33-20-24-42(25-21-33)46(4,5)41-15-7-6-8-16-41)31-39(30-37)35-13-11-14-36(28-35)44-43-17-10-9-12-34(43)26-27-47-44/h6-31H,1-5H3. The highest BCUT2D eigenvalue weighted by molar-refractivity contribution is 5.95. The molecule has 7 aromatic rings. The Kier molecular flexibility index (Phi) is 7.86. The van der Waals surface area contributed by atoms with Crippen LogP contribution in [0, 0.1) is 0 Å². The lowest BCUT2D eigenvalue weighted by Crippen LogP contribution is -2.18. The van der Waals surface area contributed by atoms with E-state index in [2.05, 4.69) is 186 Å². The van der Waals surface area contributed by atoms with Crippen molar-refractivity contribution >= 4 is 10.8 Å². The van der Waals surface area contributed by atoms with Crippen molar-refractivity contribution in [2.75, 3.05) is 0 Å². The molecule has 0 saturated heterocycles. The lowest BCUT2D eigenvalue weighted by atomic mass is 9.78. The molecule has 230 valence electrons. The Labute approximate surface area is 279 Å². The van der Waals surface area contributed by atoms with E-state index < -0.39 is 0 Å². The van der Waals surface area contributed by atoms with Crippen LogP contribution in [0.5, 0.6) is 0 Å². The van der Waals surface area contributed by atoms with Gasteiger partial charge in [0.2, 0.25) is 0 Å². The summed E-state index contributed by atoms with van der Waals surface area (Å²) in [5.74, 6) is 0. The van der Waals surface area contributed by atoms with Crippen LogP contribution in [0.1, 0.15) is 51.3 Å². The van der Waals surface area contributed by atoms with Gasteiger partial charge in [-0.15, -0.1) is 0 Å². The Bertz CT molecular complexity index is 2160. The third kappa shape index (κ3) is 6.14. The molecule has 1 nitrogen and oxygen atoms in total. The van der Waals surface area contributed by atoms with Gasteiger partial charge in [0.05, 0.1) is 5.69 Å². The van der Waals surface area contributed by atoms with Gasteiger partial charge in [0.25, 0.3) is 0 Å². The van der Waals surface area contributed by atoms with E-state index in [-0.39, 0.29) is 10.8 Å². The minimum Gasteiger partial charge on any atom is -0.256 e. The van der Waals surface area contributed by atoms with Crippen LogP contribution in [0.3, 0.4) is 0 Å². The van der Waals surface area contributed by atoms with E-state index in [0.29, 0.717) is 0 Å². The molecule has 0 bridgehead atoms. The molecule has 0 spiro atoms. The fourth-order valence-electron chi connectivity index (χ4n) is 6.59. The average Bonchev–Trinajstić information content (AvgIpc) is 3.11. The molecule has 0 radical (unpaired) electrons. The zero-order chi connectivity index (χ0) is 32.6. The number of hydrogen-bond donors (Lipinski definition) is 0. The Balaban J connectivity index is 1.33. The maximum Gasteiger partial charge on any atom is 0.0780 e. The van der Waals surface area contributed by atoms with Gasteiger partial charge >= 0.3 is 0 Å². The van der Waals surface area contributed by atoms with Crippen molar-refractivity contribution in [2.45, 2.75) is 45.4 Å². The molecule has 1 heteroatoms. The second kappa shape index (κ2) is 12.2. The van der Waals surface area contributed by atoms with Crippen molar-refractivity contribution in [3.8, 4) is 44.6 Å². The van der Waals surface area contributed by atoms with Crippen LogP contribution in [-0.4, -0.2) is 4.98 Å². The summed E-state index contributed by atoms with van der Waals surface area (Å²) < 4.78 is 0. The van der Waals surface area contributed by atoms with Crippen molar-refractivity contribution in [3.63, 3.8) is 0 Å². The molecule has 0 aliphatic carbocycles. The van der Waals surface area contributed by atoms with Crippen molar-refractivity contribution in [1.82, 2.24) is 4.98 Å². The maximum absolute atomic E-state index is 4.82. The summed E-state index contributed by atoms with van der Waals surface area (Å²) in [4.78, 5) is 4.82. The summed E-state index contributed by atoms with van der Waals surface area (Å²) in [5.41, 5.74) is 13.3. The molecule has 0 N–H and O–H groups in total. The molecule has 0 saturated carbocycles. The second-order valence-corrected chi connectivity index (χ2v) is 14.2. The fourth-order valence-corrected chi connectivity index (χ4v) is 6.59. The monoisotopic (exact) mass is 607 g/mol. The van der Waals surface area contributed by atoms with E-state index in [4.69, 9.17) is 4.98 Å². The third-order valence-corrected chi connectivity index (χ3v) is 9.60. The van der Waals surface area contributed by atoms with Gasteiger partial charge in [0.15, 0.2) is 0 Å². The molecular weight excluding hydrogens is 567 g/mol. The van der Waals surface area contributed by atoms with Crippen molar-refractivity contribution < 1.29 is 0 Å². The molecule has 47 heavy (non-hydrogen) atoms. The van der Waals surface area contributed by atoms with E-state index in [9.17, 15) is 0 Å². The van der Waals surface area contributed by atoms with Gasteiger partial charge in [-0.1, -0.05) is 156 Å². The van der Waals surface area contributed by atoms with Gasteiger partial charge in [0, 0.05) is 22.6 Å². The highest BCUT2D eigenvalue weighted by Crippen LogP contribution is 2.38. The molecule has 0 atom stereocenters.